The van der Waals surface area contributed by atoms with E-state index in [1.165, 1.54) is 12.3 Å². The van der Waals surface area contributed by atoms with Crippen LogP contribution in [0.4, 0.5) is 0 Å². The van der Waals surface area contributed by atoms with Gasteiger partial charge in [-0.05, 0) is 41.8 Å². The van der Waals surface area contributed by atoms with Gasteiger partial charge in [-0.1, -0.05) is 30.3 Å². The number of fused-ring (bicyclic) bond motifs is 1. The van der Waals surface area contributed by atoms with E-state index >= 15 is 0 Å². The van der Waals surface area contributed by atoms with Crippen molar-refractivity contribution >= 4 is 23.0 Å². The standard InChI is InChI=1S/C26H27N5O4/c1-18-6-4-5-7-20(18)16-30-17-28-25-21(26(30)33)15-29-31(25)13-12-27-24(32)11-9-19-8-10-22(34-2)23(14-19)35-3/h4-11,14-15,17H,12-13,16H2,1-3H3,(H,27,32)/b11-9-. The summed E-state index contributed by atoms with van der Waals surface area (Å²) in [5, 5.41) is 7.56. The van der Waals surface area contributed by atoms with Crippen molar-refractivity contribution in [3.05, 3.63) is 88.1 Å². The van der Waals surface area contributed by atoms with Crippen LogP contribution in [-0.4, -0.2) is 46.0 Å². The molecular formula is C26H27N5O4. The summed E-state index contributed by atoms with van der Waals surface area (Å²) in [6.07, 6.45) is 6.21. The number of rotatable bonds is 9. The van der Waals surface area contributed by atoms with Crippen molar-refractivity contribution in [2.75, 3.05) is 20.8 Å². The van der Waals surface area contributed by atoms with Crippen LogP contribution >= 0.6 is 0 Å². The van der Waals surface area contributed by atoms with Crippen molar-refractivity contribution in [2.24, 2.45) is 0 Å². The van der Waals surface area contributed by atoms with Gasteiger partial charge in [-0.25, -0.2) is 9.67 Å². The molecule has 0 spiro atoms. The molecule has 0 radical (unpaired) electrons. The zero-order valence-corrected chi connectivity index (χ0v) is 19.9. The summed E-state index contributed by atoms with van der Waals surface area (Å²) in [5.41, 5.74) is 3.33. The summed E-state index contributed by atoms with van der Waals surface area (Å²) in [4.78, 5) is 29.6. The number of aromatic nitrogens is 4. The molecule has 9 heteroatoms. The van der Waals surface area contributed by atoms with Crippen LogP contribution in [0.15, 0.2) is 65.9 Å². The molecule has 0 aliphatic heterocycles. The molecule has 0 saturated heterocycles. The predicted octanol–water partition coefficient (Wildman–Crippen LogP) is 2.80. The first kappa shape index (κ1) is 23.7. The number of nitrogens with zero attached hydrogens (tertiary/aromatic N) is 4. The largest absolute Gasteiger partial charge is 0.493 e. The zero-order chi connectivity index (χ0) is 24.8. The fraction of sp³-hybridized carbons (Fsp3) is 0.231. The topological polar surface area (TPSA) is 100 Å². The van der Waals surface area contributed by atoms with Gasteiger partial charge in [0, 0.05) is 12.6 Å². The highest BCUT2D eigenvalue weighted by atomic mass is 16.5. The molecule has 0 fully saturated rings. The quantitative estimate of drug-likeness (QED) is 0.375. The highest BCUT2D eigenvalue weighted by molar-refractivity contribution is 5.91. The van der Waals surface area contributed by atoms with Gasteiger partial charge in [0.15, 0.2) is 17.1 Å². The third-order valence-corrected chi connectivity index (χ3v) is 5.68. The Bertz CT molecular complexity index is 1440. The maximum atomic E-state index is 12.9. The molecule has 180 valence electrons. The molecule has 0 aliphatic rings. The van der Waals surface area contributed by atoms with E-state index in [-0.39, 0.29) is 11.5 Å². The summed E-state index contributed by atoms with van der Waals surface area (Å²) >= 11 is 0. The van der Waals surface area contributed by atoms with Crippen LogP contribution in [-0.2, 0) is 17.9 Å². The molecule has 2 aromatic heterocycles. The fourth-order valence-corrected chi connectivity index (χ4v) is 3.72. The van der Waals surface area contributed by atoms with E-state index in [0.717, 1.165) is 16.7 Å². The van der Waals surface area contributed by atoms with Gasteiger partial charge >= 0.3 is 0 Å². The Balaban J connectivity index is 1.37. The summed E-state index contributed by atoms with van der Waals surface area (Å²) < 4.78 is 13.7. The number of aryl methyl sites for hydroxylation is 1. The van der Waals surface area contributed by atoms with E-state index in [0.29, 0.717) is 42.2 Å². The van der Waals surface area contributed by atoms with Gasteiger partial charge in [-0.2, -0.15) is 5.10 Å². The highest BCUT2D eigenvalue weighted by Crippen LogP contribution is 2.27. The van der Waals surface area contributed by atoms with Crippen molar-refractivity contribution in [1.29, 1.82) is 0 Å². The lowest BCUT2D eigenvalue weighted by atomic mass is 10.1. The normalized spacial score (nSPS) is 11.2. The lowest BCUT2D eigenvalue weighted by Gasteiger charge is -2.09. The second-order valence-electron chi connectivity index (χ2n) is 7.95. The summed E-state index contributed by atoms with van der Waals surface area (Å²) in [6.45, 7) is 3.18. The molecule has 1 amide bonds. The molecule has 4 aromatic rings. The van der Waals surface area contributed by atoms with Gasteiger partial charge in [-0.15, -0.1) is 0 Å². The number of carbonyl (C=O) groups is 1. The van der Waals surface area contributed by atoms with Gasteiger partial charge in [0.05, 0.1) is 33.5 Å². The lowest BCUT2D eigenvalue weighted by Crippen LogP contribution is -2.26. The maximum absolute atomic E-state index is 12.9. The van der Waals surface area contributed by atoms with Crippen LogP contribution in [0.2, 0.25) is 0 Å². The SMILES string of the molecule is COc1ccc(/C=C\C(=O)NCCn2ncc3c(=O)n(Cc4ccccc4C)cnc32)cc1OC. The van der Waals surface area contributed by atoms with Crippen molar-refractivity contribution in [3.63, 3.8) is 0 Å². The molecule has 2 heterocycles. The van der Waals surface area contributed by atoms with Crippen LogP contribution in [0.5, 0.6) is 11.5 Å². The Morgan fingerprint density at radius 1 is 1.11 bits per heavy atom. The summed E-state index contributed by atoms with van der Waals surface area (Å²) in [7, 11) is 3.13. The molecule has 0 bridgehead atoms. The molecule has 0 atom stereocenters. The molecule has 0 unspecified atom stereocenters. The highest BCUT2D eigenvalue weighted by Gasteiger charge is 2.11. The molecule has 1 N–H and O–H groups in total. The smallest absolute Gasteiger partial charge is 0.264 e. The number of benzene rings is 2. The van der Waals surface area contributed by atoms with Crippen molar-refractivity contribution in [2.45, 2.75) is 20.0 Å². The van der Waals surface area contributed by atoms with Crippen LogP contribution in [0.1, 0.15) is 16.7 Å². The van der Waals surface area contributed by atoms with Crippen LogP contribution < -0.4 is 20.3 Å². The minimum Gasteiger partial charge on any atom is -0.493 e. The second kappa shape index (κ2) is 10.7. The van der Waals surface area contributed by atoms with Gasteiger partial charge in [0.2, 0.25) is 5.91 Å². The minimum absolute atomic E-state index is 0.147. The van der Waals surface area contributed by atoms with Gasteiger partial charge in [0.1, 0.15) is 11.7 Å². The predicted molar refractivity (Wildman–Crippen MR) is 134 cm³/mol. The molecule has 35 heavy (non-hydrogen) atoms. The number of ether oxygens (including phenoxy) is 2. The Hall–Kier alpha value is -4.40. The van der Waals surface area contributed by atoms with Gasteiger partial charge in [0.25, 0.3) is 5.56 Å². The number of carbonyl (C=O) groups excluding carboxylic acids is 1. The first-order valence-electron chi connectivity index (χ1n) is 11.1. The van der Waals surface area contributed by atoms with E-state index in [9.17, 15) is 9.59 Å². The first-order valence-corrected chi connectivity index (χ1v) is 11.1. The lowest BCUT2D eigenvalue weighted by molar-refractivity contribution is -0.116. The average molecular weight is 474 g/mol. The molecule has 2 aromatic carbocycles. The molecule has 9 nitrogen and oxygen atoms in total. The van der Waals surface area contributed by atoms with E-state index in [1.54, 1.807) is 48.0 Å². The Labute approximate surface area is 202 Å². The Morgan fingerprint density at radius 3 is 2.69 bits per heavy atom. The zero-order valence-electron chi connectivity index (χ0n) is 19.9. The molecule has 0 aliphatic carbocycles. The van der Waals surface area contributed by atoms with Crippen molar-refractivity contribution < 1.29 is 14.3 Å². The van der Waals surface area contributed by atoms with Gasteiger partial charge in [-0.3, -0.25) is 14.2 Å². The first-order chi connectivity index (χ1) is 17.0. The van der Waals surface area contributed by atoms with E-state index < -0.39 is 0 Å². The number of nitrogens with one attached hydrogen (secondary N) is 1. The Morgan fingerprint density at radius 2 is 1.91 bits per heavy atom. The third-order valence-electron chi connectivity index (χ3n) is 5.68. The number of hydrogen-bond acceptors (Lipinski definition) is 6. The monoisotopic (exact) mass is 473 g/mol. The van der Waals surface area contributed by atoms with Crippen LogP contribution in [0.3, 0.4) is 0 Å². The van der Waals surface area contributed by atoms with E-state index in [1.807, 2.05) is 37.3 Å². The fourth-order valence-electron chi connectivity index (χ4n) is 3.72. The van der Waals surface area contributed by atoms with Crippen molar-refractivity contribution in [1.82, 2.24) is 24.6 Å². The maximum Gasteiger partial charge on any atom is 0.264 e. The van der Waals surface area contributed by atoms with Crippen LogP contribution in [0, 0.1) is 6.92 Å². The summed E-state index contributed by atoms with van der Waals surface area (Å²) in [5.74, 6) is 0.965. The van der Waals surface area contributed by atoms with E-state index in [2.05, 4.69) is 15.4 Å². The molecule has 0 saturated carbocycles. The third kappa shape index (κ3) is 5.40. The Kier molecular flexibility index (Phi) is 7.25. The number of methoxy groups -OCH3 is 2. The second-order valence-corrected chi connectivity index (χ2v) is 7.95. The van der Waals surface area contributed by atoms with E-state index in [4.69, 9.17) is 9.47 Å². The number of hydrogen-bond donors (Lipinski definition) is 1. The summed E-state index contributed by atoms with van der Waals surface area (Å²) in [6, 6.07) is 13.3. The van der Waals surface area contributed by atoms with Crippen molar-refractivity contribution in [3.8, 4) is 11.5 Å². The minimum atomic E-state index is -0.246. The molecular weight excluding hydrogens is 446 g/mol. The molecule has 4 rings (SSSR count). The number of amides is 1. The van der Waals surface area contributed by atoms with Crippen LogP contribution in [0.25, 0.3) is 17.1 Å². The average Bonchev–Trinajstić information content (AvgIpc) is 3.29. The van der Waals surface area contributed by atoms with Gasteiger partial charge < -0.3 is 14.8 Å².